The first-order valence-electron chi connectivity index (χ1n) is 7.90. The minimum absolute atomic E-state index is 0.324. The molecule has 1 aliphatic rings. The molecule has 132 valence electrons. The molecule has 0 unspecified atom stereocenters. The molecular formula is C17H18Cl2N4O2. The van der Waals surface area contributed by atoms with Crippen LogP contribution in [0.4, 0.5) is 16.3 Å². The maximum atomic E-state index is 12.1. The summed E-state index contributed by atoms with van der Waals surface area (Å²) in [6.45, 7) is 3.31. The van der Waals surface area contributed by atoms with Crippen LogP contribution in [0.3, 0.4) is 0 Å². The second kappa shape index (κ2) is 8.38. The molecule has 1 fully saturated rings. The zero-order valence-electron chi connectivity index (χ0n) is 13.5. The van der Waals surface area contributed by atoms with Crippen molar-refractivity contribution in [1.29, 1.82) is 0 Å². The van der Waals surface area contributed by atoms with E-state index in [-0.39, 0.29) is 6.03 Å². The van der Waals surface area contributed by atoms with E-state index in [9.17, 15) is 4.79 Å². The van der Waals surface area contributed by atoms with E-state index in [0.29, 0.717) is 35.5 Å². The molecule has 1 saturated heterocycles. The zero-order chi connectivity index (χ0) is 17.6. The summed E-state index contributed by atoms with van der Waals surface area (Å²) >= 11 is 11.8. The van der Waals surface area contributed by atoms with Crippen molar-refractivity contribution in [3.8, 4) is 0 Å². The van der Waals surface area contributed by atoms with Crippen LogP contribution in [0.2, 0.25) is 10.0 Å². The molecule has 8 heteroatoms. The molecule has 1 aromatic heterocycles. The van der Waals surface area contributed by atoms with Gasteiger partial charge in [0.05, 0.1) is 23.3 Å². The molecular weight excluding hydrogens is 363 g/mol. The van der Waals surface area contributed by atoms with E-state index < -0.39 is 0 Å². The van der Waals surface area contributed by atoms with E-state index >= 15 is 0 Å². The Kier molecular flexibility index (Phi) is 5.96. The lowest BCUT2D eigenvalue weighted by Gasteiger charge is -2.29. The number of benzene rings is 1. The minimum atomic E-state index is -0.324. The number of nitrogens with one attached hydrogen (secondary N) is 2. The Morgan fingerprint density at radius 1 is 1.20 bits per heavy atom. The number of morpholine rings is 1. The minimum Gasteiger partial charge on any atom is -0.378 e. The molecule has 0 saturated carbocycles. The first-order valence-corrected chi connectivity index (χ1v) is 8.65. The van der Waals surface area contributed by atoms with Gasteiger partial charge in [0, 0.05) is 37.1 Å². The molecule has 0 atom stereocenters. The summed E-state index contributed by atoms with van der Waals surface area (Å²) in [5, 5.41) is 6.40. The third-order valence-corrected chi connectivity index (χ3v) is 4.53. The van der Waals surface area contributed by atoms with Gasteiger partial charge in [0.2, 0.25) is 0 Å². The van der Waals surface area contributed by atoms with E-state index in [4.69, 9.17) is 27.9 Å². The lowest BCUT2D eigenvalue weighted by molar-refractivity contribution is 0.122. The largest absolute Gasteiger partial charge is 0.378 e. The number of amides is 2. The Morgan fingerprint density at radius 3 is 2.76 bits per heavy atom. The predicted molar refractivity (Wildman–Crippen MR) is 99.6 cm³/mol. The summed E-state index contributed by atoms with van der Waals surface area (Å²) in [5.41, 5.74) is 1.53. The molecule has 3 rings (SSSR count). The van der Waals surface area contributed by atoms with Crippen LogP contribution in [0.25, 0.3) is 0 Å². The van der Waals surface area contributed by atoms with Gasteiger partial charge in [0.25, 0.3) is 0 Å². The maximum absolute atomic E-state index is 12.1. The first-order chi connectivity index (χ1) is 12.1. The van der Waals surface area contributed by atoms with Crippen LogP contribution in [0.5, 0.6) is 0 Å². The molecule has 2 N–H and O–H groups in total. The Hall–Kier alpha value is -2.02. The van der Waals surface area contributed by atoms with E-state index in [0.717, 1.165) is 24.5 Å². The van der Waals surface area contributed by atoms with Gasteiger partial charge < -0.3 is 20.3 Å². The van der Waals surface area contributed by atoms with Gasteiger partial charge in [-0.25, -0.2) is 9.78 Å². The quantitative estimate of drug-likeness (QED) is 0.850. The number of hydrogen-bond donors (Lipinski definition) is 2. The number of rotatable bonds is 4. The van der Waals surface area contributed by atoms with Crippen LogP contribution in [-0.4, -0.2) is 37.3 Å². The summed E-state index contributed by atoms with van der Waals surface area (Å²) in [5.74, 6) is 0.876. The Morgan fingerprint density at radius 2 is 2.00 bits per heavy atom. The number of pyridine rings is 1. The number of aromatic nitrogens is 1. The lowest BCUT2D eigenvalue weighted by atomic mass is 10.2. The van der Waals surface area contributed by atoms with Crippen molar-refractivity contribution in [2.45, 2.75) is 6.54 Å². The molecule has 0 bridgehead atoms. The van der Waals surface area contributed by atoms with Gasteiger partial charge in [0.1, 0.15) is 5.82 Å². The van der Waals surface area contributed by atoms with Crippen molar-refractivity contribution in [2.75, 3.05) is 36.5 Å². The van der Waals surface area contributed by atoms with Crippen molar-refractivity contribution >= 4 is 40.7 Å². The number of halogens is 2. The molecule has 2 amide bonds. The van der Waals surface area contributed by atoms with Gasteiger partial charge in [-0.05, 0) is 24.3 Å². The number of urea groups is 1. The molecule has 0 spiro atoms. The molecule has 25 heavy (non-hydrogen) atoms. The van der Waals surface area contributed by atoms with Gasteiger partial charge in [-0.3, -0.25) is 0 Å². The highest BCUT2D eigenvalue weighted by molar-refractivity contribution is 6.42. The Balaban J connectivity index is 1.61. The van der Waals surface area contributed by atoms with Crippen LogP contribution < -0.4 is 15.5 Å². The van der Waals surface area contributed by atoms with Crippen LogP contribution in [0, 0.1) is 0 Å². The highest BCUT2D eigenvalue weighted by Crippen LogP contribution is 2.25. The van der Waals surface area contributed by atoms with E-state index in [1.165, 1.54) is 0 Å². The van der Waals surface area contributed by atoms with Gasteiger partial charge in [-0.1, -0.05) is 29.3 Å². The van der Waals surface area contributed by atoms with Crippen LogP contribution in [-0.2, 0) is 11.3 Å². The molecule has 0 radical (unpaired) electrons. The number of nitrogens with zero attached hydrogens (tertiary/aromatic N) is 2. The highest BCUT2D eigenvalue weighted by Gasteiger charge is 2.16. The van der Waals surface area contributed by atoms with Gasteiger partial charge in [-0.15, -0.1) is 0 Å². The third kappa shape index (κ3) is 4.75. The number of carbonyl (C=O) groups excluding carboxylic acids is 1. The van der Waals surface area contributed by atoms with Gasteiger partial charge in [-0.2, -0.15) is 0 Å². The highest BCUT2D eigenvalue weighted by atomic mass is 35.5. The number of carbonyl (C=O) groups is 1. The smallest absolute Gasteiger partial charge is 0.319 e. The van der Waals surface area contributed by atoms with Crippen molar-refractivity contribution in [2.24, 2.45) is 0 Å². The first kappa shape index (κ1) is 17.8. The second-order valence-electron chi connectivity index (χ2n) is 5.52. The van der Waals surface area contributed by atoms with Crippen molar-refractivity contribution in [1.82, 2.24) is 10.3 Å². The van der Waals surface area contributed by atoms with Gasteiger partial charge >= 0.3 is 6.03 Å². The summed E-state index contributed by atoms with van der Waals surface area (Å²) in [6, 6.07) is 8.42. The molecule has 1 aromatic carbocycles. The fraction of sp³-hybridized carbons (Fsp3) is 0.294. The topological polar surface area (TPSA) is 66.5 Å². The normalized spacial score (nSPS) is 14.2. The fourth-order valence-corrected chi connectivity index (χ4v) is 2.85. The summed E-state index contributed by atoms with van der Waals surface area (Å²) in [7, 11) is 0. The van der Waals surface area contributed by atoms with Crippen molar-refractivity contribution in [3.63, 3.8) is 0 Å². The molecule has 2 heterocycles. The van der Waals surface area contributed by atoms with Gasteiger partial charge in [0.15, 0.2) is 0 Å². The number of hydrogen-bond acceptors (Lipinski definition) is 4. The average molecular weight is 381 g/mol. The van der Waals surface area contributed by atoms with E-state index in [2.05, 4.69) is 20.5 Å². The summed E-state index contributed by atoms with van der Waals surface area (Å²) in [4.78, 5) is 18.7. The van der Waals surface area contributed by atoms with E-state index in [1.54, 1.807) is 24.4 Å². The number of ether oxygens (including phenoxy) is 1. The van der Waals surface area contributed by atoms with Crippen molar-refractivity contribution < 1.29 is 9.53 Å². The maximum Gasteiger partial charge on any atom is 0.319 e. The third-order valence-electron chi connectivity index (χ3n) is 3.79. The molecule has 0 aliphatic carbocycles. The standard InChI is InChI=1S/C17H18Cl2N4O2/c18-14-4-3-13(10-15(14)19)22-17(24)21-11-12-2-1-5-20-16(12)23-6-8-25-9-7-23/h1-5,10H,6-9,11H2,(H2,21,22,24). The van der Waals surface area contributed by atoms with Crippen LogP contribution in [0.1, 0.15) is 5.56 Å². The SMILES string of the molecule is O=C(NCc1cccnc1N1CCOCC1)Nc1ccc(Cl)c(Cl)c1. The van der Waals surface area contributed by atoms with E-state index in [1.807, 2.05) is 12.1 Å². The zero-order valence-corrected chi connectivity index (χ0v) is 15.0. The summed E-state index contributed by atoms with van der Waals surface area (Å²) in [6.07, 6.45) is 1.75. The molecule has 1 aliphatic heterocycles. The molecule has 6 nitrogen and oxygen atoms in total. The van der Waals surface area contributed by atoms with Crippen molar-refractivity contribution in [3.05, 3.63) is 52.1 Å². The second-order valence-corrected chi connectivity index (χ2v) is 6.34. The lowest BCUT2D eigenvalue weighted by Crippen LogP contribution is -2.38. The monoisotopic (exact) mass is 380 g/mol. The Bertz CT molecular complexity index is 751. The van der Waals surface area contributed by atoms with Crippen LogP contribution >= 0.6 is 23.2 Å². The summed E-state index contributed by atoms with van der Waals surface area (Å²) < 4.78 is 5.37. The molecule has 2 aromatic rings. The fourth-order valence-electron chi connectivity index (χ4n) is 2.55. The predicted octanol–water partition coefficient (Wildman–Crippen LogP) is 3.55. The van der Waals surface area contributed by atoms with Crippen LogP contribution in [0.15, 0.2) is 36.5 Å². The Labute approximate surface area is 156 Å². The average Bonchev–Trinajstić information content (AvgIpc) is 2.64. The number of anilines is 2.